The fraction of sp³-hybridized carbons (Fsp3) is 0.938. The number of hydrogen-bond acceptors (Lipinski definition) is 4. The van der Waals surface area contributed by atoms with Crippen molar-refractivity contribution in [1.82, 2.24) is 15.1 Å². The Morgan fingerprint density at radius 1 is 1.27 bits per heavy atom. The normalized spacial score (nSPS) is 21.2. The number of morpholine rings is 1. The molecule has 0 saturated carbocycles. The van der Waals surface area contributed by atoms with Crippen LogP contribution in [0.3, 0.4) is 0 Å². The van der Waals surface area contributed by atoms with Crippen molar-refractivity contribution in [2.45, 2.75) is 26.7 Å². The molecule has 0 aromatic heterocycles. The van der Waals surface area contributed by atoms with E-state index in [2.05, 4.69) is 24.1 Å². The van der Waals surface area contributed by atoms with Crippen molar-refractivity contribution >= 4 is 18.3 Å². The Hall–Kier alpha value is -0.360. The number of nitrogens with zero attached hydrogens (tertiary/aromatic N) is 2. The lowest BCUT2D eigenvalue weighted by Crippen LogP contribution is -2.48. The summed E-state index contributed by atoms with van der Waals surface area (Å²) in [6, 6.07) is 0. The van der Waals surface area contributed by atoms with Crippen molar-refractivity contribution in [3.63, 3.8) is 0 Å². The van der Waals surface area contributed by atoms with Crippen LogP contribution >= 0.6 is 12.4 Å². The minimum absolute atomic E-state index is 0. The Labute approximate surface area is 141 Å². The monoisotopic (exact) mass is 333 g/mol. The summed E-state index contributed by atoms with van der Waals surface area (Å²) >= 11 is 0. The summed E-state index contributed by atoms with van der Waals surface area (Å²) in [4.78, 5) is 16.9. The second-order valence-corrected chi connectivity index (χ2v) is 7.27. The minimum Gasteiger partial charge on any atom is -0.379 e. The van der Waals surface area contributed by atoms with E-state index in [4.69, 9.17) is 4.74 Å². The van der Waals surface area contributed by atoms with Gasteiger partial charge in [-0.1, -0.05) is 13.8 Å². The van der Waals surface area contributed by atoms with Crippen LogP contribution in [0, 0.1) is 11.3 Å². The predicted molar refractivity (Wildman–Crippen MR) is 91.5 cm³/mol. The predicted octanol–water partition coefficient (Wildman–Crippen LogP) is 1.22. The molecule has 2 fully saturated rings. The molecular formula is C16H32ClN3O2. The zero-order valence-electron chi connectivity index (χ0n) is 14.3. The number of carbonyl (C=O) groups is 1. The molecule has 0 bridgehead atoms. The molecule has 0 radical (unpaired) electrons. The van der Waals surface area contributed by atoms with Gasteiger partial charge in [-0.3, -0.25) is 9.69 Å². The molecule has 0 unspecified atom stereocenters. The van der Waals surface area contributed by atoms with E-state index in [-0.39, 0.29) is 23.7 Å². The molecule has 6 heteroatoms. The van der Waals surface area contributed by atoms with Gasteiger partial charge in [-0.15, -0.1) is 12.4 Å². The largest absolute Gasteiger partial charge is 0.379 e. The van der Waals surface area contributed by atoms with Crippen LogP contribution < -0.4 is 5.32 Å². The van der Waals surface area contributed by atoms with Crippen molar-refractivity contribution in [3.8, 4) is 0 Å². The van der Waals surface area contributed by atoms with E-state index in [1.54, 1.807) is 0 Å². The highest BCUT2D eigenvalue weighted by Gasteiger charge is 2.29. The molecular weight excluding hydrogens is 302 g/mol. The quantitative estimate of drug-likeness (QED) is 0.822. The van der Waals surface area contributed by atoms with E-state index in [1.165, 1.54) is 0 Å². The first-order valence-electron chi connectivity index (χ1n) is 8.24. The fourth-order valence-electron chi connectivity index (χ4n) is 3.52. The number of carbonyl (C=O) groups excluding carboxylic acids is 1. The zero-order chi connectivity index (χ0) is 15.3. The number of ether oxygens (including phenoxy) is 1. The van der Waals surface area contributed by atoms with E-state index < -0.39 is 0 Å². The van der Waals surface area contributed by atoms with Gasteiger partial charge in [0.15, 0.2) is 0 Å². The van der Waals surface area contributed by atoms with Crippen molar-refractivity contribution < 1.29 is 9.53 Å². The van der Waals surface area contributed by atoms with Crippen LogP contribution in [0.25, 0.3) is 0 Å². The van der Waals surface area contributed by atoms with Crippen LogP contribution in [0.5, 0.6) is 0 Å². The molecule has 130 valence electrons. The Bertz CT molecular complexity index is 340. The molecule has 1 N–H and O–H groups in total. The van der Waals surface area contributed by atoms with Crippen LogP contribution in [0.4, 0.5) is 0 Å². The van der Waals surface area contributed by atoms with Gasteiger partial charge in [0, 0.05) is 39.1 Å². The van der Waals surface area contributed by atoms with Crippen molar-refractivity contribution in [3.05, 3.63) is 0 Å². The molecule has 22 heavy (non-hydrogen) atoms. The second kappa shape index (κ2) is 9.06. The van der Waals surface area contributed by atoms with Gasteiger partial charge in [0.1, 0.15) is 0 Å². The minimum atomic E-state index is 0. The SMILES string of the molecule is CN(CC(C)(C)CN1CCOCC1)C(=O)C1CCNCC1.Cl. The zero-order valence-corrected chi connectivity index (χ0v) is 15.1. The van der Waals surface area contributed by atoms with Gasteiger partial charge in [-0.05, 0) is 31.3 Å². The van der Waals surface area contributed by atoms with E-state index in [0.717, 1.165) is 65.3 Å². The summed E-state index contributed by atoms with van der Waals surface area (Å²) in [6.45, 7) is 12.0. The Morgan fingerprint density at radius 3 is 2.45 bits per heavy atom. The molecule has 5 nitrogen and oxygen atoms in total. The summed E-state index contributed by atoms with van der Waals surface area (Å²) in [5.41, 5.74) is 0.120. The van der Waals surface area contributed by atoms with Crippen molar-refractivity contribution in [2.24, 2.45) is 11.3 Å². The van der Waals surface area contributed by atoms with Gasteiger partial charge in [0.2, 0.25) is 5.91 Å². The lowest BCUT2D eigenvalue weighted by molar-refractivity contribution is -0.136. The number of nitrogens with one attached hydrogen (secondary N) is 1. The van der Waals surface area contributed by atoms with Gasteiger partial charge >= 0.3 is 0 Å². The maximum atomic E-state index is 12.5. The molecule has 0 aliphatic carbocycles. The van der Waals surface area contributed by atoms with Crippen LogP contribution in [0.1, 0.15) is 26.7 Å². The van der Waals surface area contributed by atoms with Gasteiger partial charge < -0.3 is 15.0 Å². The smallest absolute Gasteiger partial charge is 0.225 e. The summed E-state index contributed by atoms with van der Waals surface area (Å²) in [5, 5.41) is 3.32. The lowest BCUT2D eigenvalue weighted by Gasteiger charge is -2.38. The van der Waals surface area contributed by atoms with Gasteiger partial charge in [0.05, 0.1) is 13.2 Å². The van der Waals surface area contributed by atoms with E-state index >= 15 is 0 Å². The summed E-state index contributed by atoms with van der Waals surface area (Å²) in [7, 11) is 1.96. The molecule has 0 aromatic rings. The molecule has 0 spiro atoms. The van der Waals surface area contributed by atoms with E-state index in [9.17, 15) is 4.79 Å². The third kappa shape index (κ3) is 6.03. The third-order valence-corrected chi connectivity index (χ3v) is 4.49. The highest BCUT2D eigenvalue weighted by molar-refractivity contribution is 5.85. The molecule has 2 aliphatic rings. The molecule has 0 atom stereocenters. The van der Waals surface area contributed by atoms with Crippen LogP contribution in [-0.2, 0) is 9.53 Å². The van der Waals surface area contributed by atoms with E-state index in [1.807, 2.05) is 11.9 Å². The fourth-order valence-corrected chi connectivity index (χ4v) is 3.52. The highest BCUT2D eigenvalue weighted by Crippen LogP contribution is 2.22. The summed E-state index contributed by atoms with van der Waals surface area (Å²) < 4.78 is 5.40. The average Bonchev–Trinajstić information content (AvgIpc) is 2.47. The molecule has 2 saturated heterocycles. The van der Waals surface area contributed by atoms with E-state index in [0.29, 0.717) is 5.91 Å². The number of hydrogen-bond donors (Lipinski definition) is 1. The maximum absolute atomic E-state index is 12.5. The van der Waals surface area contributed by atoms with Crippen LogP contribution in [-0.4, -0.2) is 75.2 Å². The standard InChI is InChI=1S/C16H31N3O2.ClH/c1-16(2,13-19-8-10-21-11-9-19)12-18(3)15(20)14-4-6-17-7-5-14;/h14,17H,4-13H2,1-3H3;1H. The maximum Gasteiger partial charge on any atom is 0.225 e. The van der Waals surface area contributed by atoms with Gasteiger partial charge in [-0.2, -0.15) is 0 Å². The van der Waals surface area contributed by atoms with Crippen molar-refractivity contribution in [2.75, 3.05) is 59.5 Å². The van der Waals surface area contributed by atoms with Crippen molar-refractivity contribution in [1.29, 1.82) is 0 Å². The molecule has 2 aliphatic heterocycles. The number of piperidine rings is 1. The molecule has 1 amide bonds. The Morgan fingerprint density at radius 2 is 1.86 bits per heavy atom. The third-order valence-electron chi connectivity index (χ3n) is 4.49. The first-order valence-corrected chi connectivity index (χ1v) is 8.24. The molecule has 2 rings (SSSR count). The summed E-state index contributed by atoms with van der Waals surface area (Å²) in [5.74, 6) is 0.544. The molecule has 2 heterocycles. The second-order valence-electron chi connectivity index (χ2n) is 7.27. The van der Waals surface area contributed by atoms with Gasteiger partial charge in [0.25, 0.3) is 0 Å². The highest BCUT2D eigenvalue weighted by atomic mass is 35.5. The number of amides is 1. The number of halogens is 1. The molecule has 0 aromatic carbocycles. The Balaban J connectivity index is 0.00000242. The number of rotatable bonds is 5. The van der Waals surface area contributed by atoms with Crippen LogP contribution in [0.15, 0.2) is 0 Å². The van der Waals surface area contributed by atoms with Crippen LogP contribution in [0.2, 0.25) is 0 Å². The topological polar surface area (TPSA) is 44.8 Å². The lowest BCUT2D eigenvalue weighted by atomic mass is 9.90. The first kappa shape index (κ1) is 19.7. The first-order chi connectivity index (χ1) is 9.98. The average molecular weight is 334 g/mol. The summed E-state index contributed by atoms with van der Waals surface area (Å²) in [6.07, 6.45) is 1.96. The van der Waals surface area contributed by atoms with Gasteiger partial charge in [-0.25, -0.2) is 0 Å². The Kier molecular flexibility index (Phi) is 8.11.